The molecule has 2 aromatic rings. The second-order valence-electron chi connectivity index (χ2n) is 5.34. The van der Waals surface area contributed by atoms with E-state index < -0.39 is 0 Å². The maximum atomic E-state index is 11.9. The van der Waals surface area contributed by atoms with Gasteiger partial charge in [-0.2, -0.15) is 0 Å². The third-order valence-electron chi connectivity index (χ3n) is 3.44. The van der Waals surface area contributed by atoms with E-state index in [9.17, 15) is 4.79 Å². The highest BCUT2D eigenvalue weighted by atomic mass is 127. The number of hydrogen-bond donors (Lipinski definition) is 2. The fourth-order valence-corrected chi connectivity index (χ4v) is 3.04. The number of ether oxygens (including phenoxy) is 1. The summed E-state index contributed by atoms with van der Waals surface area (Å²) in [5.41, 5.74) is 0.675. The van der Waals surface area contributed by atoms with Gasteiger partial charge in [-0.25, -0.2) is 9.78 Å². The Labute approximate surface area is 173 Å². The normalized spacial score (nSPS) is 12.3. The zero-order chi connectivity index (χ0) is 18.4. The van der Waals surface area contributed by atoms with Gasteiger partial charge < -0.3 is 19.9 Å². The van der Waals surface area contributed by atoms with Gasteiger partial charge in [-0.1, -0.05) is 0 Å². The third-order valence-corrected chi connectivity index (χ3v) is 4.76. The van der Waals surface area contributed by atoms with E-state index in [1.165, 1.54) is 11.3 Å². The molecule has 0 amide bonds. The van der Waals surface area contributed by atoms with E-state index in [1.54, 1.807) is 27.2 Å². The number of thiazole rings is 1. The molecule has 2 rings (SSSR count). The van der Waals surface area contributed by atoms with Crippen molar-refractivity contribution >= 4 is 47.2 Å². The smallest absolute Gasteiger partial charge is 0.350 e. The molecule has 0 radical (unpaired) electrons. The molecule has 0 saturated heterocycles. The monoisotopic (exact) mass is 493 g/mol. The molecule has 0 spiro atoms. The lowest BCUT2D eigenvalue weighted by atomic mass is 10.3. The number of aryl methyl sites for hydroxylation is 2. The van der Waals surface area contributed by atoms with E-state index in [1.807, 2.05) is 18.5 Å². The summed E-state index contributed by atoms with van der Waals surface area (Å²) in [5, 5.41) is 15.1. The molecule has 2 aromatic heterocycles. The predicted molar refractivity (Wildman–Crippen MR) is 111 cm³/mol. The lowest BCUT2D eigenvalue weighted by Crippen LogP contribution is -2.38. The predicted octanol–water partition coefficient (Wildman–Crippen LogP) is 1.80. The van der Waals surface area contributed by atoms with Crippen LogP contribution >= 0.6 is 35.3 Å². The Balaban J connectivity index is 0.00000338. The first-order chi connectivity index (χ1) is 12.0. The maximum absolute atomic E-state index is 11.9. The SMILES string of the molecule is CCOC(=O)c1sc(C(C)NC(=NC)NCc2nncn2C)nc1C.I. The van der Waals surface area contributed by atoms with Crippen molar-refractivity contribution in [1.29, 1.82) is 0 Å². The zero-order valence-electron chi connectivity index (χ0n) is 15.4. The first-order valence-corrected chi connectivity index (χ1v) is 8.72. The quantitative estimate of drug-likeness (QED) is 0.274. The van der Waals surface area contributed by atoms with Gasteiger partial charge in [0.15, 0.2) is 11.8 Å². The Bertz CT molecular complexity index is 759. The topological polar surface area (TPSA) is 106 Å². The largest absolute Gasteiger partial charge is 0.462 e. The van der Waals surface area contributed by atoms with Crippen LogP contribution in [0.2, 0.25) is 0 Å². The van der Waals surface area contributed by atoms with E-state index in [0.29, 0.717) is 29.7 Å². The molecule has 2 heterocycles. The molecule has 9 nitrogen and oxygen atoms in total. The molecule has 1 atom stereocenters. The van der Waals surface area contributed by atoms with Gasteiger partial charge >= 0.3 is 5.97 Å². The molecule has 0 aliphatic heterocycles. The van der Waals surface area contributed by atoms with Crippen molar-refractivity contribution in [2.45, 2.75) is 33.4 Å². The van der Waals surface area contributed by atoms with Crippen molar-refractivity contribution in [3.8, 4) is 0 Å². The minimum Gasteiger partial charge on any atom is -0.462 e. The van der Waals surface area contributed by atoms with Gasteiger partial charge in [0.2, 0.25) is 0 Å². The average Bonchev–Trinajstić information content (AvgIpc) is 3.17. The summed E-state index contributed by atoms with van der Waals surface area (Å²) in [5.74, 6) is 1.08. The molecule has 2 N–H and O–H groups in total. The fourth-order valence-electron chi connectivity index (χ4n) is 2.08. The Morgan fingerprint density at radius 3 is 2.81 bits per heavy atom. The van der Waals surface area contributed by atoms with Crippen LogP contribution in [0.25, 0.3) is 0 Å². The summed E-state index contributed by atoms with van der Waals surface area (Å²) in [6.07, 6.45) is 1.64. The number of guanidine groups is 1. The number of halogens is 1. The van der Waals surface area contributed by atoms with Crippen LogP contribution in [-0.4, -0.2) is 45.3 Å². The number of rotatable bonds is 6. The average molecular weight is 493 g/mol. The molecule has 11 heteroatoms. The highest BCUT2D eigenvalue weighted by Gasteiger charge is 2.20. The minimum atomic E-state index is -0.333. The lowest BCUT2D eigenvalue weighted by Gasteiger charge is -2.15. The van der Waals surface area contributed by atoms with Crippen LogP contribution in [0.5, 0.6) is 0 Å². The van der Waals surface area contributed by atoms with Crippen molar-refractivity contribution in [1.82, 2.24) is 30.4 Å². The highest BCUT2D eigenvalue weighted by Crippen LogP contribution is 2.24. The van der Waals surface area contributed by atoms with Crippen molar-refractivity contribution in [2.24, 2.45) is 12.0 Å². The van der Waals surface area contributed by atoms with E-state index in [0.717, 1.165) is 10.8 Å². The van der Waals surface area contributed by atoms with Gasteiger partial charge in [-0.15, -0.1) is 45.5 Å². The van der Waals surface area contributed by atoms with Crippen LogP contribution in [0.15, 0.2) is 11.3 Å². The van der Waals surface area contributed by atoms with Crippen LogP contribution in [0.1, 0.15) is 46.1 Å². The van der Waals surface area contributed by atoms with Crippen LogP contribution in [0.4, 0.5) is 0 Å². The summed E-state index contributed by atoms with van der Waals surface area (Å²) in [6.45, 7) is 6.39. The zero-order valence-corrected chi connectivity index (χ0v) is 18.6. The number of carbonyl (C=O) groups excluding carboxylic acids is 1. The number of nitrogens with one attached hydrogen (secondary N) is 2. The van der Waals surface area contributed by atoms with Crippen molar-refractivity contribution in [3.63, 3.8) is 0 Å². The number of esters is 1. The Morgan fingerprint density at radius 2 is 2.23 bits per heavy atom. The molecule has 0 aromatic carbocycles. The number of carbonyl (C=O) groups is 1. The summed E-state index contributed by atoms with van der Waals surface area (Å²) >= 11 is 1.33. The van der Waals surface area contributed by atoms with Crippen molar-refractivity contribution < 1.29 is 9.53 Å². The van der Waals surface area contributed by atoms with Crippen molar-refractivity contribution in [3.05, 3.63) is 27.7 Å². The lowest BCUT2D eigenvalue weighted by molar-refractivity contribution is 0.0531. The molecule has 144 valence electrons. The van der Waals surface area contributed by atoms with Crippen LogP contribution in [0, 0.1) is 6.92 Å². The second-order valence-corrected chi connectivity index (χ2v) is 6.37. The number of aliphatic imine (C=N–C) groups is 1. The molecular weight excluding hydrogens is 469 g/mol. The first kappa shape index (κ1) is 22.3. The van der Waals surface area contributed by atoms with E-state index in [-0.39, 0.29) is 36.0 Å². The number of aromatic nitrogens is 4. The van der Waals surface area contributed by atoms with Gasteiger partial charge in [-0.3, -0.25) is 4.99 Å². The summed E-state index contributed by atoms with van der Waals surface area (Å²) in [4.78, 5) is 21.1. The van der Waals surface area contributed by atoms with Gasteiger partial charge in [0.25, 0.3) is 0 Å². The van der Waals surface area contributed by atoms with Gasteiger partial charge in [0.05, 0.1) is 24.9 Å². The van der Waals surface area contributed by atoms with E-state index >= 15 is 0 Å². The summed E-state index contributed by atoms with van der Waals surface area (Å²) < 4.78 is 6.89. The molecule has 0 aliphatic carbocycles. The molecule has 0 fully saturated rings. The summed E-state index contributed by atoms with van der Waals surface area (Å²) in [7, 11) is 3.57. The molecule has 0 aliphatic rings. The Hall–Kier alpha value is -1.76. The molecular formula is C15H24IN7O2S. The molecule has 1 unspecified atom stereocenters. The van der Waals surface area contributed by atoms with E-state index in [2.05, 4.69) is 30.8 Å². The maximum Gasteiger partial charge on any atom is 0.350 e. The van der Waals surface area contributed by atoms with Crippen LogP contribution in [-0.2, 0) is 18.3 Å². The first-order valence-electron chi connectivity index (χ1n) is 7.90. The van der Waals surface area contributed by atoms with Gasteiger partial charge in [0, 0.05) is 14.1 Å². The Kier molecular flexibility index (Phi) is 8.92. The molecule has 0 bridgehead atoms. The standard InChI is InChI=1S/C15H23N7O2S.HI/c1-6-24-14(23)12-9(2)19-13(25-12)10(3)20-15(16-4)17-7-11-21-18-8-22(11)5;/h8,10H,6-7H2,1-5H3,(H2,16,17,20);1H. The van der Waals surface area contributed by atoms with Crippen LogP contribution in [0.3, 0.4) is 0 Å². The minimum absolute atomic E-state index is 0. The van der Waals surface area contributed by atoms with E-state index in [4.69, 9.17) is 4.74 Å². The van der Waals surface area contributed by atoms with Gasteiger partial charge in [0.1, 0.15) is 16.2 Å². The third kappa shape index (κ3) is 5.62. The van der Waals surface area contributed by atoms with Crippen LogP contribution < -0.4 is 10.6 Å². The highest BCUT2D eigenvalue weighted by molar-refractivity contribution is 14.0. The number of nitrogens with zero attached hydrogens (tertiary/aromatic N) is 5. The Morgan fingerprint density at radius 1 is 1.50 bits per heavy atom. The number of hydrogen-bond acceptors (Lipinski definition) is 7. The second kappa shape index (κ2) is 10.4. The summed E-state index contributed by atoms with van der Waals surface area (Å²) in [6, 6.07) is -0.113. The van der Waals surface area contributed by atoms with Crippen molar-refractivity contribution in [2.75, 3.05) is 13.7 Å². The van der Waals surface area contributed by atoms with Gasteiger partial charge in [-0.05, 0) is 20.8 Å². The molecule has 26 heavy (non-hydrogen) atoms. The fraction of sp³-hybridized carbons (Fsp3) is 0.533. The molecule has 0 saturated carbocycles.